The van der Waals surface area contributed by atoms with E-state index in [1.54, 1.807) is 31.4 Å². The van der Waals surface area contributed by atoms with Crippen molar-refractivity contribution in [2.75, 3.05) is 17.7 Å². The van der Waals surface area contributed by atoms with Crippen molar-refractivity contribution in [3.63, 3.8) is 0 Å². The molecule has 8 nitrogen and oxygen atoms in total. The molecular formula is C28H21Cl4N3O5S2. The fourth-order valence-corrected chi connectivity index (χ4v) is 6.56. The highest BCUT2D eigenvalue weighted by Crippen LogP contribution is 2.42. The highest BCUT2D eigenvalue weighted by molar-refractivity contribution is 8.00. The van der Waals surface area contributed by atoms with E-state index in [0.29, 0.717) is 33.6 Å². The number of carboxylic acids is 1. The summed E-state index contributed by atoms with van der Waals surface area (Å²) in [7, 11) is 1.59. The van der Waals surface area contributed by atoms with Crippen LogP contribution in [0.25, 0.3) is 11.3 Å². The minimum absolute atomic E-state index is 0.230. The molecule has 1 unspecified atom stereocenters. The van der Waals surface area contributed by atoms with Gasteiger partial charge in [0.15, 0.2) is 5.13 Å². The maximum Gasteiger partial charge on any atom is 0.338 e. The van der Waals surface area contributed by atoms with Crippen LogP contribution in [0.5, 0.6) is 5.75 Å². The molecule has 0 spiro atoms. The molecule has 42 heavy (non-hydrogen) atoms. The van der Waals surface area contributed by atoms with Gasteiger partial charge in [0.05, 0.1) is 49.3 Å². The second-order valence-electron chi connectivity index (χ2n) is 8.57. The number of nitrogens with zero attached hydrogens (tertiary/aromatic N) is 1. The number of methoxy groups -OCH3 is 1. The Morgan fingerprint density at radius 2 is 1.67 bits per heavy atom. The first kappa shape index (κ1) is 31.9. The lowest BCUT2D eigenvalue weighted by Gasteiger charge is -2.16. The van der Waals surface area contributed by atoms with Crippen molar-refractivity contribution in [2.24, 2.45) is 0 Å². The molecule has 0 aliphatic carbocycles. The molecule has 14 heteroatoms. The number of thioether (sulfide) groups is 1. The van der Waals surface area contributed by atoms with Crippen LogP contribution in [0.2, 0.25) is 20.1 Å². The first-order valence-corrected chi connectivity index (χ1v) is 15.4. The number of aromatic carboxylic acids is 1. The quantitative estimate of drug-likeness (QED) is 0.0867. The van der Waals surface area contributed by atoms with E-state index in [-0.39, 0.29) is 21.0 Å². The van der Waals surface area contributed by atoms with E-state index >= 15 is 0 Å². The minimum Gasteiger partial charge on any atom is -0.497 e. The molecule has 4 aromatic rings. The highest BCUT2D eigenvalue weighted by atomic mass is 35.5. The van der Waals surface area contributed by atoms with Gasteiger partial charge in [-0.1, -0.05) is 71.5 Å². The van der Waals surface area contributed by atoms with Gasteiger partial charge in [0.2, 0.25) is 5.91 Å². The molecule has 1 atom stereocenters. The number of rotatable bonds is 10. The molecule has 4 rings (SSSR count). The molecule has 3 aromatic carbocycles. The van der Waals surface area contributed by atoms with Crippen molar-refractivity contribution in [2.45, 2.75) is 23.5 Å². The zero-order valence-electron chi connectivity index (χ0n) is 21.8. The fourth-order valence-electron chi connectivity index (χ4n) is 3.81. The average molecular weight is 685 g/mol. The molecule has 0 fully saturated rings. The zero-order chi connectivity index (χ0) is 30.6. The number of carbonyl (C=O) groups is 3. The average Bonchev–Trinajstić information content (AvgIpc) is 3.44. The van der Waals surface area contributed by atoms with E-state index in [2.05, 4.69) is 15.6 Å². The normalized spacial score (nSPS) is 11.6. The summed E-state index contributed by atoms with van der Waals surface area (Å²) < 4.78 is 5.27. The predicted octanol–water partition coefficient (Wildman–Crippen LogP) is 8.89. The summed E-state index contributed by atoms with van der Waals surface area (Å²) in [6.45, 7) is 1.88. The van der Waals surface area contributed by atoms with Crippen molar-refractivity contribution in [3.05, 3.63) is 85.1 Å². The Labute approximate surface area is 269 Å². The number of amides is 2. The van der Waals surface area contributed by atoms with Crippen molar-refractivity contribution in [1.82, 2.24) is 4.98 Å². The van der Waals surface area contributed by atoms with Crippen LogP contribution in [0.3, 0.4) is 0 Å². The van der Waals surface area contributed by atoms with Crippen molar-refractivity contribution in [1.29, 1.82) is 0 Å². The Hall–Kier alpha value is -2.99. The summed E-state index contributed by atoms with van der Waals surface area (Å²) in [4.78, 5) is 43.3. The second-order valence-corrected chi connectivity index (χ2v) is 12.2. The largest absolute Gasteiger partial charge is 0.497 e. The number of anilines is 2. The predicted molar refractivity (Wildman–Crippen MR) is 171 cm³/mol. The third kappa shape index (κ3) is 7.14. The van der Waals surface area contributed by atoms with Crippen molar-refractivity contribution >= 4 is 98.1 Å². The number of hydrogen-bond donors (Lipinski definition) is 3. The van der Waals surface area contributed by atoms with Gasteiger partial charge in [-0.25, -0.2) is 9.78 Å². The zero-order valence-corrected chi connectivity index (χ0v) is 26.5. The van der Waals surface area contributed by atoms with Gasteiger partial charge in [-0.15, -0.1) is 23.1 Å². The Morgan fingerprint density at radius 1 is 0.976 bits per heavy atom. The summed E-state index contributed by atoms with van der Waals surface area (Å²) in [5.74, 6) is -1.87. The molecule has 0 radical (unpaired) electrons. The number of benzene rings is 3. The van der Waals surface area contributed by atoms with E-state index in [1.807, 2.05) is 36.6 Å². The van der Waals surface area contributed by atoms with Crippen LogP contribution in [0.1, 0.15) is 34.1 Å². The summed E-state index contributed by atoms with van der Waals surface area (Å²) in [5.41, 5.74) is 0.916. The number of nitrogens with one attached hydrogen (secondary N) is 2. The Morgan fingerprint density at radius 3 is 2.33 bits per heavy atom. The molecule has 1 aromatic heterocycles. The third-order valence-electron chi connectivity index (χ3n) is 5.84. The van der Waals surface area contributed by atoms with Crippen LogP contribution in [-0.4, -0.2) is 40.2 Å². The molecule has 1 heterocycles. The first-order chi connectivity index (χ1) is 20.0. The standard InChI is InChI=1S/C28H21Cl4N3O5S2/c1-3-18(25(36)35-28-34-17(12-41-28)13-6-4-8-15(10-13)40-2)42-16-9-5-7-14(11-16)33-26(37)19-20(27(38)39)22(30)24(32)23(31)21(19)29/h4-12,18H,3H2,1-2H3,(H,33,37)(H,38,39)(H,34,35,36). The summed E-state index contributed by atoms with van der Waals surface area (Å²) in [6, 6.07) is 14.2. The second kappa shape index (κ2) is 14.0. The van der Waals surface area contributed by atoms with Gasteiger partial charge in [-0.2, -0.15) is 0 Å². The molecule has 0 saturated carbocycles. The number of halogens is 4. The topological polar surface area (TPSA) is 118 Å². The van der Waals surface area contributed by atoms with Crippen LogP contribution in [0, 0.1) is 0 Å². The molecule has 0 aliphatic rings. The summed E-state index contributed by atoms with van der Waals surface area (Å²) in [6.07, 6.45) is 0.514. The molecule has 218 valence electrons. The van der Waals surface area contributed by atoms with Gasteiger partial charge >= 0.3 is 5.97 Å². The first-order valence-electron chi connectivity index (χ1n) is 12.1. The number of hydrogen-bond acceptors (Lipinski definition) is 7. The fraction of sp³-hybridized carbons (Fsp3) is 0.143. The Bertz CT molecular complexity index is 1680. The lowest BCUT2D eigenvalue weighted by atomic mass is 10.1. The van der Waals surface area contributed by atoms with Crippen LogP contribution < -0.4 is 15.4 Å². The van der Waals surface area contributed by atoms with Crippen LogP contribution in [0.4, 0.5) is 10.8 Å². The van der Waals surface area contributed by atoms with Gasteiger partial charge in [0, 0.05) is 21.5 Å². The number of carboxylic acid groups (broad SMARTS) is 1. The summed E-state index contributed by atoms with van der Waals surface area (Å²) in [5, 5.41) is 15.7. The van der Waals surface area contributed by atoms with Gasteiger partial charge in [-0.05, 0) is 36.8 Å². The monoisotopic (exact) mass is 683 g/mol. The lowest BCUT2D eigenvalue weighted by Crippen LogP contribution is -2.24. The summed E-state index contributed by atoms with van der Waals surface area (Å²) >= 11 is 26.9. The maximum absolute atomic E-state index is 13.1. The van der Waals surface area contributed by atoms with Crippen LogP contribution >= 0.6 is 69.5 Å². The number of carbonyl (C=O) groups excluding carboxylic acids is 2. The number of thiazole rings is 1. The molecule has 0 saturated heterocycles. The van der Waals surface area contributed by atoms with Gasteiger partial charge < -0.3 is 20.5 Å². The molecular weight excluding hydrogens is 664 g/mol. The maximum atomic E-state index is 13.1. The molecule has 2 amide bonds. The van der Waals surface area contributed by atoms with E-state index in [9.17, 15) is 19.5 Å². The number of ether oxygens (including phenoxy) is 1. The molecule has 0 bridgehead atoms. The Balaban J connectivity index is 1.48. The van der Waals surface area contributed by atoms with Gasteiger partial charge in [-0.3, -0.25) is 9.59 Å². The van der Waals surface area contributed by atoms with Crippen molar-refractivity contribution < 1.29 is 24.2 Å². The third-order valence-corrected chi connectivity index (χ3v) is 9.76. The van der Waals surface area contributed by atoms with Gasteiger partial charge in [0.25, 0.3) is 5.91 Å². The smallest absolute Gasteiger partial charge is 0.338 e. The van der Waals surface area contributed by atoms with E-state index < -0.39 is 33.3 Å². The van der Waals surface area contributed by atoms with Gasteiger partial charge in [0.1, 0.15) is 5.75 Å². The van der Waals surface area contributed by atoms with Crippen LogP contribution in [-0.2, 0) is 4.79 Å². The van der Waals surface area contributed by atoms with E-state index in [4.69, 9.17) is 51.1 Å². The molecule has 0 aliphatic heterocycles. The van der Waals surface area contributed by atoms with E-state index in [0.717, 1.165) is 5.56 Å². The van der Waals surface area contributed by atoms with Crippen molar-refractivity contribution in [3.8, 4) is 17.0 Å². The van der Waals surface area contributed by atoms with Crippen LogP contribution in [0.15, 0.2) is 58.8 Å². The highest BCUT2D eigenvalue weighted by Gasteiger charge is 2.29. The number of aromatic nitrogens is 1. The Kier molecular flexibility index (Phi) is 10.6. The van der Waals surface area contributed by atoms with E-state index in [1.165, 1.54) is 23.1 Å². The lowest BCUT2D eigenvalue weighted by molar-refractivity contribution is -0.115. The SMILES string of the molecule is CCC(Sc1cccc(NC(=O)c2c(Cl)c(Cl)c(Cl)c(Cl)c2C(=O)O)c1)C(=O)Nc1nc(-c2cccc(OC)c2)cs1. The minimum atomic E-state index is -1.50. The molecule has 3 N–H and O–H groups in total.